The molecule has 0 bridgehead atoms. The van der Waals surface area contributed by atoms with Crippen molar-refractivity contribution in [3.63, 3.8) is 0 Å². The minimum Gasteiger partial charge on any atom is -0.374 e. The largest absolute Gasteiger partial charge is 0.374 e. The van der Waals surface area contributed by atoms with Crippen molar-refractivity contribution in [3.8, 4) is 0 Å². The van der Waals surface area contributed by atoms with Crippen LogP contribution in [-0.2, 0) is 13.0 Å². The van der Waals surface area contributed by atoms with Gasteiger partial charge in [-0.1, -0.05) is 42.0 Å². The van der Waals surface area contributed by atoms with Gasteiger partial charge in [0.25, 0.3) is 0 Å². The SMILES string of the molecule is Cc1cccc([C@H](C)NCc2ccc3c(c2)CCN3C)c1. The summed E-state index contributed by atoms with van der Waals surface area (Å²) < 4.78 is 0. The summed E-state index contributed by atoms with van der Waals surface area (Å²) in [5.41, 5.74) is 6.94. The summed E-state index contributed by atoms with van der Waals surface area (Å²) in [4.78, 5) is 2.34. The molecular weight excluding hydrogens is 256 g/mol. The predicted molar refractivity (Wildman–Crippen MR) is 89.8 cm³/mol. The molecule has 0 fully saturated rings. The molecule has 2 nitrogen and oxygen atoms in total. The summed E-state index contributed by atoms with van der Waals surface area (Å²) in [6.45, 7) is 6.45. The van der Waals surface area contributed by atoms with E-state index in [0.29, 0.717) is 6.04 Å². The van der Waals surface area contributed by atoms with Crippen LogP contribution in [0.15, 0.2) is 42.5 Å². The van der Waals surface area contributed by atoms with Crippen molar-refractivity contribution in [2.75, 3.05) is 18.5 Å². The lowest BCUT2D eigenvalue weighted by atomic mass is 10.0. The maximum Gasteiger partial charge on any atom is 0.0397 e. The molecule has 2 heteroatoms. The van der Waals surface area contributed by atoms with E-state index >= 15 is 0 Å². The second-order valence-electron chi connectivity index (χ2n) is 6.15. The van der Waals surface area contributed by atoms with Crippen molar-refractivity contribution in [3.05, 3.63) is 64.7 Å². The third kappa shape index (κ3) is 3.11. The average Bonchev–Trinajstić information content (AvgIpc) is 2.86. The Hall–Kier alpha value is -1.80. The van der Waals surface area contributed by atoms with E-state index < -0.39 is 0 Å². The van der Waals surface area contributed by atoms with Crippen LogP contribution in [0.5, 0.6) is 0 Å². The van der Waals surface area contributed by atoms with Crippen LogP contribution in [0.4, 0.5) is 5.69 Å². The number of nitrogens with one attached hydrogen (secondary N) is 1. The number of hydrogen-bond donors (Lipinski definition) is 1. The average molecular weight is 280 g/mol. The highest BCUT2D eigenvalue weighted by Crippen LogP contribution is 2.27. The fourth-order valence-electron chi connectivity index (χ4n) is 3.06. The van der Waals surface area contributed by atoms with Gasteiger partial charge in [-0.15, -0.1) is 0 Å². The number of aryl methyl sites for hydroxylation is 1. The summed E-state index contributed by atoms with van der Waals surface area (Å²) in [6, 6.07) is 16.0. The Morgan fingerprint density at radius 3 is 2.86 bits per heavy atom. The number of nitrogens with zero attached hydrogens (tertiary/aromatic N) is 1. The van der Waals surface area contributed by atoms with Crippen molar-refractivity contribution in [1.82, 2.24) is 5.32 Å². The molecule has 0 saturated heterocycles. The zero-order chi connectivity index (χ0) is 14.8. The zero-order valence-electron chi connectivity index (χ0n) is 13.2. The molecule has 0 aromatic heterocycles. The van der Waals surface area contributed by atoms with Crippen LogP contribution in [0.3, 0.4) is 0 Å². The highest BCUT2D eigenvalue weighted by Gasteiger charge is 2.15. The van der Waals surface area contributed by atoms with E-state index in [1.54, 1.807) is 0 Å². The minimum atomic E-state index is 0.376. The van der Waals surface area contributed by atoms with Crippen LogP contribution in [-0.4, -0.2) is 13.6 Å². The lowest BCUT2D eigenvalue weighted by Crippen LogP contribution is -2.18. The summed E-state index contributed by atoms with van der Waals surface area (Å²) in [5, 5.41) is 3.63. The van der Waals surface area contributed by atoms with E-state index in [0.717, 1.165) is 13.1 Å². The molecule has 0 aliphatic carbocycles. The van der Waals surface area contributed by atoms with Gasteiger partial charge in [-0.3, -0.25) is 0 Å². The van der Waals surface area contributed by atoms with Gasteiger partial charge in [0.2, 0.25) is 0 Å². The quantitative estimate of drug-likeness (QED) is 0.915. The number of benzene rings is 2. The van der Waals surface area contributed by atoms with Crippen LogP contribution in [0.2, 0.25) is 0 Å². The molecule has 1 aliphatic rings. The molecule has 0 saturated carbocycles. The molecule has 0 unspecified atom stereocenters. The summed E-state index contributed by atoms with van der Waals surface area (Å²) >= 11 is 0. The van der Waals surface area contributed by atoms with Gasteiger partial charge in [0.05, 0.1) is 0 Å². The Kier molecular flexibility index (Phi) is 3.98. The molecule has 2 aromatic carbocycles. The van der Waals surface area contributed by atoms with Crippen molar-refractivity contribution >= 4 is 5.69 Å². The van der Waals surface area contributed by atoms with Gasteiger partial charge >= 0.3 is 0 Å². The molecular formula is C19H24N2. The summed E-state index contributed by atoms with van der Waals surface area (Å²) in [7, 11) is 2.17. The van der Waals surface area contributed by atoms with E-state index in [-0.39, 0.29) is 0 Å². The maximum absolute atomic E-state index is 3.63. The Labute approximate surface area is 127 Å². The van der Waals surface area contributed by atoms with Crippen LogP contribution in [0.1, 0.15) is 35.2 Å². The second kappa shape index (κ2) is 5.90. The molecule has 1 N–H and O–H groups in total. The highest BCUT2D eigenvalue weighted by atomic mass is 15.1. The Morgan fingerprint density at radius 1 is 1.19 bits per heavy atom. The standard InChI is InChI=1S/C19H24N2/c1-14-5-4-6-17(11-14)15(2)20-13-16-7-8-19-18(12-16)9-10-21(19)3/h4-8,11-12,15,20H,9-10,13H2,1-3H3/t15-/m0/s1. The molecule has 1 heterocycles. The lowest BCUT2D eigenvalue weighted by Gasteiger charge is -2.16. The van der Waals surface area contributed by atoms with Gasteiger partial charge in [0, 0.05) is 31.9 Å². The fraction of sp³-hybridized carbons (Fsp3) is 0.368. The number of fused-ring (bicyclic) bond motifs is 1. The van der Waals surface area contributed by atoms with Crippen LogP contribution in [0, 0.1) is 6.92 Å². The van der Waals surface area contributed by atoms with Gasteiger partial charge in [-0.05, 0) is 43.0 Å². The third-order valence-corrected chi connectivity index (χ3v) is 4.43. The first-order valence-corrected chi connectivity index (χ1v) is 7.76. The van der Waals surface area contributed by atoms with Crippen molar-refractivity contribution in [1.29, 1.82) is 0 Å². The first kappa shape index (κ1) is 14.2. The molecule has 3 rings (SSSR count). The fourth-order valence-corrected chi connectivity index (χ4v) is 3.06. The van der Waals surface area contributed by atoms with Crippen LogP contribution in [0.25, 0.3) is 0 Å². The number of hydrogen-bond acceptors (Lipinski definition) is 2. The first-order valence-electron chi connectivity index (χ1n) is 7.76. The van der Waals surface area contributed by atoms with Gasteiger partial charge in [-0.2, -0.15) is 0 Å². The van der Waals surface area contributed by atoms with E-state index in [9.17, 15) is 0 Å². The van der Waals surface area contributed by atoms with Gasteiger partial charge in [-0.25, -0.2) is 0 Å². The maximum atomic E-state index is 3.63. The Bertz CT molecular complexity index is 633. The molecule has 21 heavy (non-hydrogen) atoms. The molecule has 0 radical (unpaired) electrons. The molecule has 1 aliphatic heterocycles. The monoisotopic (exact) mass is 280 g/mol. The van der Waals surface area contributed by atoms with E-state index in [1.807, 2.05) is 0 Å². The molecule has 2 aromatic rings. The Balaban J connectivity index is 1.65. The van der Waals surface area contributed by atoms with Crippen molar-refractivity contribution in [2.45, 2.75) is 32.9 Å². The highest BCUT2D eigenvalue weighted by molar-refractivity contribution is 5.58. The van der Waals surface area contributed by atoms with E-state index in [4.69, 9.17) is 0 Å². The summed E-state index contributed by atoms with van der Waals surface area (Å²) in [5.74, 6) is 0. The summed E-state index contributed by atoms with van der Waals surface area (Å²) in [6.07, 6.45) is 1.17. The number of anilines is 1. The van der Waals surface area contributed by atoms with Gasteiger partial charge in [0.15, 0.2) is 0 Å². The Morgan fingerprint density at radius 2 is 2.05 bits per heavy atom. The van der Waals surface area contributed by atoms with Gasteiger partial charge < -0.3 is 10.2 Å². The molecule has 0 amide bonds. The van der Waals surface area contributed by atoms with Crippen molar-refractivity contribution < 1.29 is 0 Å². The molecule has 0 spiro atoms. The van der Waals surface area contributed by atoms with Crippen LogP contribution >= 0.6 is 0 Å². The predicted octanol–water partition coefficient (Wildman–Crippen LogP) is 3.84. The van der Waals surface area contributed by atoms with Crippen molar-refractivity contribution in [2.24, 2.45) is 0 Å². The second-order valence-corrected chi connectivity index (χ2v) is 6.15. The van der Waals surface area contributed by atoms with E-state index in [1.165, 1.54) is 34.4 Å². The molecule has 110 valence electrons. The smallest absolute Gasteiger partial charge is 0.0397 e. The number of likely N-dealkylation sites (N-methyl/N-ethyl adjacent to an activating group) is 1. The van der Waals surface area contributed by atoms with Crippen LogP contribution < -0.4 is 10.2 Å². The molecule has 1 atom stereocenters. The lowest BCUT2D eigenvalue weighted by molar-refractivity contribution is 0.574. The zero-order valence-corrected chi connectivity index (χ0v) is 13.2. The normalized spacial score (nSPS) is 15.1. The number of rotatable bonds is 4. The van der Waals surface area contributed by atoms with E-state index in [2.05, 4.69) is 73.6 Å². The minimum absolute atomic E-state index is 0.376. The first-order chi connectivity index (χ1) is 10.1. The van der Waals surface area contributed by atoms with Gasteiger partial charge in [0.1, 0.15) is 0 Å². The topological polar surface area (TPSA) is 15.3 Å². The third-order valence-electron chi connectivity index (χ3n) is 4.43.